The standard InChI is InChI=1S/C14H20N2O2S/c1-10-6-7-12(19-10)13(17)15-11(2)14(18)16-8-4-3-5-9-16/h6-7,11H,3-5,8-9H2,1-2H3,(H,15,17)/t11-/m0/s1. The van der Waals surface area contributed by atoms with Crippen LogP contribution in [0.1, 0.15) is 40.7 Å². The van der Waals surface area contributed by atoms with Gasteiger partial charge in [-0.25, -0.2) is 0 Å². The third kappa shape index (κ3) is 3.56. The number of piperidine rings is 1. The second-order valence-corrected chi connectivity index (χ2v) is 6.28. The Morgan fingerprint density at radius 1 is 1.26 bits per heavy atom. The Bertz CT molecular complexity index is 464. The van der Waals surface area contributed by atoms with Crippen molar-refractivity contribution in [3.05, 3.63) is 21.9 Å². The lowest BCUT2D eigenvalue weighted by Gasteiger charge is -2.29. The van der Waals surface area contributed by atoms with Crippen molar-refractivity contribution in [2.75, 3.05) is 13.1 Å². The number of carbonyl (C=O) groups is 2. The highest BCUT2D eigenvalue weighted by atomic mass is 32.1. The van der Waals surface area contributed by atoms with Gasteiger partial charge >= 0.3 is 0 Å². The van der Waals surface area contributed by atoms with E-state index in [-0.39, 0.29) is 11.8 Å². The van der Waals surface area contributed by atoms with E-state index in [1.165, 1.54) is 17.8 Å². The molecule has 2 amide bonds. The number of hydrogen-bond donors (Lipinski definition) is 1. The summed E-state index contributed by atoms with van der Waals surface area (Å²) >= 11 is 1.45. The predicted octanol–water partition coefficient (Wildman–Crippen LogP) is 2.19. The van der Waals surface area contributed by atoms with E-state index in [0.717, 1.165) is 30.8 Å². The maximum atomic E-state index is 12.2. The van der Waals surface area contributed by atoms with Crippen LogP contribution in [0, 0.1) is 6.92 Å². The van der Waals surface area contributed by atoms with Gasteiger partial charge in [-0.1, -0.05) is 0 Å². The van der Waals surface area contributed by atoms with Crippen LogP contribution in [0.15, 0.2) is 12.1 Å². The van der Waals surface area contributed by atoms with Crippen molar-refractivity contribution >= 4 is 23.2 Å². The average Bonchev–Trinajstić information content (AvgIpc) is 2.85. The third-order valence-electron chi connectivity index (χ3n) is 3.35. The van der Waals surface area contributed by atoms with Gasteiger partial charge in [-0.3, -0.25) is 9.59 Å². The molecule has 0 bridgehead atoms. The first-order valence-corrected chi connectivity index (χ1v) is 7.55. The molecule has 0 aromatic carbocycles. The van der Waals surface area contributed by atoms with E-state index in [4.69, 9.17) is 0 Å². The van der Waals surface area contributed by atoms with E-state index < -0.39 is 6.04 Å². The Kier molecular flexibility index (Phi) is 4.58. The minimum absolute atomic E-state index is 0.0290. The van der Waals surface area contributed by atoms with Gasteiger partial charge in [0.15, 0.2) is 0 Å². The van der Waals surface area contributed by atoms with Crippen molar-refractivity contribution in [2.45, 2.75) is 39.2 Å². The van der Waals surface area contributed by atoms with Gasteiger partial charge in [0, 0.05) is 18.0 Å². The molecular weight excluding hydrogens is 260 g/mol. The first kappa shape index (κ1) is 14.1. The Morgan fingerprint density at radius 3 is 2.53 bits per heavy atom. The second-order valence-electron chi connectivity index (χ2n) is 4.99. The number of likely N-dealkylation sites (tertiary alicyclic amines) is 1. The summed E-state index contributed by atoms with van der Waals surface area (Å²) in [6, 6.07) is 3.26. The monoisotopic (exact) mass is 280 g/mol. The van der Waals surface area contributed by atoms with Crippen LogP contribution in [0.2, 0.25) is 0 Å². The fourth-order valence-corrected chi connectivity index (χ4v) is 3.04. The zero-order valence-electron chi connectivity index (χ0n) is 11.4. The molecule has 1 N–H and O–H groups in total. The summed E-state index contributed by atoms with van der Waals surface area (Å²) in [5.74, 6) is -0.128. The van der Waals surface area contributed by atoms with Crippen LogP contribution < -0.4 is 5.32 Å². The molecule has 1 atom stereocenters. The van der Waals surface area contributed by atoms with Crippen LogP contribution in [0.3, 0.4) is 0 Å². The van der Waals surface area contributed by atoms with Gasteiger partial charge in [-0.2, -0.15) is 0 Å². The van der Waals surface area contributed by atoms with Crippen molar-refractivity contribution < 1.29 is 9.59 Å². The number of nitrogens with one attached hydrogen (secondary N) is 1. The van der Waals surface area contributed by atoms with E-state index in [0.29, 0.717) is 4.88 Å². The lowest BCUT2D eigenvalue weighted by Crippen LogP contribution is -2.48. The number of amides is 2. The maximum Gasteiger partial charge on any atom is 0.261 e. The number of aryl methyl sites for hydroxylation is 1. The third-order valence-corrected chi connectivity index (χ3v) is 4.35. The fraction of sp³-hybridized carbons (Fsp3) is 0.571. The highest BCUT2D eigenvalue weighted by Crippen LogP contribution is 2.15. The van der Waals surface area contributed by atoms with Crippen molar-refractivity contribution in [3.63, 3.8) is 0 Å². The van der Waals surface area contributed by atoms with E-state index in [9.17, 15) is 9.59 Å². The van der Waals surface area contributed by atoms with E-state index in [1.54, 1.807) is 13.0 Å². The van der Waals surface area contributed by atoms with Crippen LogP contribution in [0.25, 0.3) is 0 Å². The van der Waals surface area contributed by atoms with E-state index >= 15 is 0 Å². The Hall–Kier alpha value is -1.36. The zero-order chi connectivity index (χ0) is 13.8. The summed E-state index contributed by atoms with van der Waals surface area (Å²) in [4.78, 5) is 27.8. The molecule has 0 aliphatic carbocycles. The molecule has 1 saturated heterocycles. The summed E-state index contributed by atoms with van der Waals surface area (Å²) in [5, 5.41) is 2.79. The summed E-state index contributed by atoms with van der Waals surface area (Å²) in [6.07, 6.45) is 3.33. The molecule has 5 heteroatoms. The summed E-state index contributed by atoms with van der Waals surface area (Å²) in [6.45, 7) is 5.35. The van der Waals surface area contributed by atoms with Crippen LogP contribution in [-0.2, 0) is 4.79 Å². The number of thiophene rings is 1. The fourth-order valence-electron chi connectivity index (χ4n) is 2.27. The van der Waals surface area contributed by atoms with Gasteiger partial charge in [0.25, 0.3) is 5.91 Å². The van der Waals surface area contributed by atoms with Gasteiger partial charge in [0.1, 0.15) is 6.04 Å². The lowest BCUT2D eigenvalue weighted by molar-refractivity contribution is -0.133. The summed E-state index contributed by atoms with van der Waals surface area (Å²) in [5.41, 5.74) is 0. The molecular formula is C14H20N2O2S. The molecule has 2 rings (SSSR count). The average molecular weight is 280 g/mol. The van der Waals surface area contributed by atoms with Crippen LogP contribution >= 0.6 is 11.3 Å². The molecule has 1 fully saturated rings. The number of hydrogen-bond acceptors (Lipinski definition) is 3. The van der Waals surface area contributed by atoms with Gasteiger partial charge in [0.05, 0.1) is 4.88 Å². The molecule has 104 valence electrons. The Balaban J connectivity index is 1.91. The maximum absolute atomic E-state index is 12.2. The van der Waals surface area contributed by atoms with Crippen molar-refractivity contribution in [3.8, 4) is 0 Å². The highest BCUT2D eigenvalue weighted by Gasteiger charge is 2.23. The Morgan fingerprint density at radius 2 is 1.95 bits per heavy atom. The molecule has 2 heterocycles. The normalized spacial score (nSPS) is 17.1. The molecule has 1 aromatic heterocycles. The molecule has 19 heavy (non-hydrogen) atoms. The van der Waals surface area contributed by atoms with Gasteiger partial charge in [0.2, 0.25) is 5.91 Å². The minimum atomic E-state index is -0.451. The number of carbonyl (C=O) groups excluding carboxylic acids is 2. The van der Waals surface area contributed by atoms with Crippen molar-refractivity contribution in [1.29, 1.82) is 0 Å². The smallest absolute Gasteiger partial charge is 0.261 e. The van der Waals surface area contributed by atoms with Gasteiger partial charge in [-0.15, -0.1) is 11.3 Å². The van der Waals surface area contributed by atoms with Crippen LogP contribution in [0.5, 0.6) is 0 Å². The molecule has 0 saturated carbocycles. The molecule has 4 nitrogen and oxygen atoms in total. The van der Waals surface area contributed by atoms with E-state index in [2.05, 4.69) is 5.32 Å². The second kappa shape index (κ2) is 6.19. The summed E-state index contributed by atoms with van der Waals surface area (Å²) < 4.78 is 0. The molecule has 0 spiro atoms. The SMILES string of the molecule is Cc1ccc(C(=O)N[C@@H](C)C(=O)N2CCCCC2)s1. The molecule has 1 aliphatic heterocycles. The predicted molar refractivity (Wildman–Crippen MR) is 76.4 cm³/mol. The van der Waals surface area contributed by atoms with E-state index in [1.807, 2.05) is 17.9 Å². The quantitative estimate of drug-likeness (QED) is 0.922. The van der Waals surface area contributed by atoms with Gasteiger partial charge in [-0.05, 0) is 45.2 Å². The minimum Gasteiger partial charge on any atom is -0.341 e. The lowest BCUT2D eigenvalue weighted by atomic mass is 10.1. The van der Waals surface area contributed by atoms with Crippen LogP contribution in [-0.4, -0.2) is 35.8 Å². The molecule has 1 aromatic rings. The van der Waals surface area contributed by atoms with Gasteiger partial charge < -0.3 is 10.2 Å². The first-order valence-electron chi connectivity index (χ1n) is 6.74. The van der Waals surface area contributed by atoms with Crippen molar-refractivity contribution in [2.24, 2.45) is 0 Å². The van der Waals surface area contributed by atoms with Crippen molar-refractivity contribution in [1.82, 2.24) is 10.2 Å². The number of rotatable bonds is 3. The first-order chi connectivity index (χ1) is 9.08. The molecule has 0 unspecified atom stereocenters. The highest BCUT2D eigenvalue weighted by molar-refractivity contribution is 7.13. The number of nitrogens with zero attached hydrogens (tertiary/aromatic N) is 1. The molecule has 0 radical (unpaired) electrons. The molecule has 1 aliphatic rings. The topological polar surface area (TPSA) is 49.4 Å². The summed E-state index contributed by atoms with van der Waals surface area (Å²) in [7, 11) is 0. The zero-order valence-corrected chi connectivity index (χ0v) is 12.3. The Labute approximate surface area is 117 Å². The van der Waals surface area contributed by atoms with Crippen LogP contribution in [0.4, 0.5) is 0 Å². The largest absolute Gasteiger partial charge is 0.341 e.